The van der Waals surface area contributed by atoms with Crippen LogP contribution in [-0.2, 0) is 0 Å². The Kier molecular flexibility index (Phi) is 18.2. The fourth-order valence-corrected chi connectivity index (χ4v) is 5.92. The van der Waals surface area contributed by atoms with Crippen LogP contribution in [0.15, 0.2) is 132 Å². The zero-order valence-electron chi connectivity index (χ0n) is 34.1. The van der Waals surface area contributed by atoms with Gasteiger partial charge in [0, 0.05) is 0 Å². The van der Waals surface area contributed by atoms with Crippen molar-refractivity contribution in [3.05, 3.63) is 138 Å². The summed E-state index contributed by atoms with van der Waals surface area (Å²) in [6.07, 6.45) is 14.8. The summed E-state index contributed by atoms with van der Waals surface area (Å²) in [4.78, 5) is 38.3. The smallest absolute Gasteiger partial charge is 0.343 e. The molecule has 5 aromatic carbocycles. The van der Waals surface area contributed by atoms with Crippen molar-refractivity contribution in [3.63, 3.8) is 0 Å². The number of azo groups is 1. The molecule has 308 valence electrons. The molecular formula is C49H54N2O8. The summed E-state index contributed by atoms with van der Waals surface area (Å²) < 4.78 is 28.0. The number of carbonyl (C=O) groups excluding carboxylic acids is 3. The van der Waals surface area contributed by atoms with Crippen LogP contribution in [0.2, 0.25) is 0 Å². The third kappa shape index (κ3) is 15.5. The standard InChI is InChI=1S/C49H54N2O8/c1-3-5-7-8-9-10-11-12-13-14-36-56-42-25-15-37(16-26-42)47(52)57-44-27-17-38(18-28-44)48(53)58-45-29-19-39(20-30-45)49(54)59-46-33-23-41(24-34-46)51-50-40-21-31-43(32-22-40)55-35-6-4-2/h15-34H,3-14,35-36H2,1-2H3. The molecule has 0 bridgehead atoms. The lowest BCUT2D eigenvalue weighted by atomic mass is 10.1. The van der Waals surface area contributed by atoms with Gasteiger partial charge in [0.25, 0.3) is 0 Å². The highest BCUT2D eigenvalue weighted by molar-refractivity contribution is 5.93. The van der Waals surface area contributed by atoms with Gasteiger partial charge in [-0.15, -0.1) is 0 Å². The molecule has 0 saturated heterocycles. The zero-order chi connectivity index (χ0) is 41.5. The van der Waals surface area contributed by atoms with Crippen LogP contribution < -0.4 is 23.7 Å². The van der Waals surface area contributed by atoms with Crippen LogP contribution in [0.3, 0.4) is 0 Å². The van der Waals surface area contributed by atoms with E-state index in [-0.39, 0.29) is 22.6 Å². The molecule has 0 radical (unpaired) electrons. The Morgan fingerprint density at radius 1 is 0.356 bits per heavy atom. The third-order valence-corrected chi connectivity index (χ3v) is 9.39. The Morgan fingerprint density at radius 3 is 1.02 bits per heavy atom. The summed E-state index contributed by atoms with van der Waals surface area (Å²) in [5.74, 6) is 0.653. The number of esters is 3. The van der Waals surface area contributed by atoms with E-state index in [9.17, 15) is 14.4 Å². The quantitative estimate of drug-likeness (QED) is 0.0262. The van der Waals surface area contributed by atoms with E-state index in [1.165, 1.54) is 99.9 Å². The molecule has 10 heteroatoms. The second-order valence-electron chi connectivity index (χ2n) is 14.2. The number of nitrogens with zero attached hydrogens (tertiary/aromatic N) is 2. The van der Waals surface area contributed by atoms with Crippen molar-refractivity contribution in [2.75, 3.05) is 13.2 Å². The molecule has 0 N–H and O–H groups in total. The minimum atomic E-state index is -0.614. The highest BCUT2D eigenvalue weighted by atomic mass is 16.5. The SMILES string of the molecule is CCCCCCCCCCCCOc1ccc(C(=O)Oc2ccc(C(=O)Oc3ccc(C(=O)Oc4ccc(N=Nc5ccc(OCCCC)cc5)cc4)cc3)cc2)cc1. The molecule has 0 unspecified atom stereocenters. The van der Waals surface area contributed by atoms with Crippen molar-refractivity contribution < 1.29 is 38.1 Å². The molecule has 0 atom stereocenters. The number of ether oxygens (including phenoxy) is 5. The van der Waals surface area contributed by atoms with Gasteiger partial charge in [0.15, 0.2) is 0 Å². The molecular weight excluding hydrogens is 745 g/mol. The van der Waals surface area contributed by atoms with Crippen molar-refractivity contribution in [3.8, 4) is 28.7 Å². The molecule has 0 fully saturated rings. The Bertz CT molecular complexity index is 2040. The first-order valence-electron chi connectivity index (χ1n) is 20.7. The maximum absolute atomic E-state index is 12.8. The van der Waals surface area contributed by atoms with Gasteiger partial charge < -0.3 is 23.7 Å². The van der Waals surface area contributed by atoms with Gasteiger partial charge in [-0.05, 0) is 134 Å². The van der Waals surface area contributed by atoms with Gasteiger partial charge >= 0.3 is 17.9 Å². The third-order valence-electron chi connectivity index (χ3n) is 9.39. The zero-order valence-corrected chi connectivity index (χ0v) is 34.1. The normalized spacial score (nSPS) is 10.9. The van der Waals surface area contributed by atoms with E-state index in [4.69, 9.17) is 23.7 Å². The topological polar surface area (TPSA) is 122 Å². The maximum atomic E-state index is 12.8. The van der Waals surface area contributed by atoms with E-state index in [1.54, 1.807) is 48.5 Å². The molecule has 0 saturated carbocycles. The summed E-state index contributed by atoms with van der Waals surface area (Å²) in [5.41, 5.74) is 2.19. The number of benzene rings is 5. The van der Waals surface area contributed by atoms with E-state index in [0.29, 0.717) is 41.7 Å². The van der Waals surface area contributed by atoms with E-state index in [2.05, 4.69) is 24.1 Å². The molecule has 0 aliphatic rings. The van der Waals surface area contributed by atoms with Crippen molar-refractivity contribution in [1.29, 1.82) is 0 Å². The molecule has 0 amide bonds. The van der Waals surface area contributed by atoms with Gasteiger partial charge in [0.05, 0.1) is 41.3 Å². The van der Waals surface area contributed by atoms with E-state index >= 15 is 0 Å². The molecule has 10 nitrogen and oxygen atoms in total. The summed E-state index contributed by atoms with van der Waals surface area (Å²) in [7, 11) is 0. The average Bonchev–Trinajstić information content (AvgIpc) is 3.26. The largest absolute Gasteiger partial charge is 0.494 e. The lowest BCUT2D eigenvalue weighted by molar-refractivity contribution is 0.0725. The van der Waals surface area contributed by atoms with Crippen LogP contribution in [0.1, 0.15) is 122 Å². The molecule has 5 rings (SSSR count). The van der Waals surface area contributed by atoms with E-state index in [1.807, 2.05) is 24.3 Å². The van der Waals surface area contributed by atoms with Crippen LogP contribution in [0.5, 0.6) is 28.7 Å². The van der Waals surface area contributed by atoms with Gasteiger partial charge in [-0.2, -0.15) is 10.2 Å². The molecule has 59 heavy (non-hydrogen) atoms. The number of carbonyl (C=O) groups is 3. The second kappa shape index (κ2) is 24.5. The van der Waals surface area contributed by atoms with Crippen LogP contribution in [0, 0.1) is 0 Å². The Labute approximate surface area is 347 Å². The average molecular weight is 799 g/mol. The van der Waals surface area contributed by atoms with Gasteiger partial charge in [0.1, 0.15) is 28.7 Å². The van der Waals surface area contributed by atoms with Crippen molar-refractivity contribution >= 4 is 29.3 Å². The second-order valence-corrected chi connectivity index (χ2v) is 14.2. The Balaban J connectivity index is 0.995. The van der Waals surface area contributed by atoms with E-state index in [0.717, 1.165) is 31.4 Å². The predicted octanol–water partition coefficient (Wildman–Crippen LogP) is 13.2. The monoisotopic (exact) mass is 798 g/mol. The number of hydrogen-bond acceptors (Lipinski definition) is 10. The van der Waals surface area contributed by atoms with Crippen molar-refractivity contribution in [2.24, 2.45) is 10.2 Å². The van der Waals surface area contributed by atoms with Crippen molar-refractivity contribution in [1.82, 2.24) is 0 Å². The minimum absolute atomic E-state index is 0.242. The first kappa shape index (κ1) is 43.8. The first-order chi connectivity index (χ1) is 28.9. The highest BCUT2D eigenvalue weighted by Crippen LogP contribution is 2.25. The lowest BCUT2D eigenvalue weighted by Crippen LogP contribution is -2.11. The molecule has 5 aromatic rings. The van der Waals surface area contributed by atoms with Crippen molar-refractivity contribution in [2.45, 2.75) is 90.9 Å². The summed E-state index contributed by atoms with van der Waals surface area (Å²) >= 11 is 0. The van der Waals surface area contributed by atoms with E-state index < -0.39 is 17.9 Å². The van der Waals surface area contributed by atoms with Gasteiger partial charge in [-0.3, -0.25) is 0 Å². The Hall–Kier alpha value is -6.29. The van der Waals surface area contributed by atoms with Crippen LogP contribution in [0.4, 0.5) is 11.4 Å². The molecule has 0 heterocycles. The van der Waals surface area contributed by atoms with Crippen LogP contribution in [0.25, 0.3) is 0 Å². The van der Waals surface area contributed by atoms with Gasteiger partial charge in [-0.25, -0.2) is 14.4 Å². The predicted molar refractivity (Wildman–Crippen MR) is 229 cm³/mol. The first-order valence-corrected chi connectivity index (χ1v) is 20.7. The summed E-state index contributed by atoms with van der Waals surface area (Å²) in [6.45, 7) is 5.69. The molecule has 0 aromatic heterocycles. The lowest BCUT2D eigenvalue weighted by Gasteiger charge is -2.09. The molecule has 0 aliphatic carbocycles. The molecule has 0 aliphatic heterocycles. The minimum Gasteiger partial charge on any atom is -0.494 e. The fourth-order valence-electron chi connectivity index (χ4n) is 5.92. The van der Waals surface area contributed by atoms with Crippen LogP contribution in [-0.4, -0.2) is 31.1 Å². The highest BCUT2D eigenvalue weighted by Gasteiger charge is 2.14. The fraction of sp³-hybridized carbons (Fsp3) is 0.327. The Morgan fingerprint density at radius 2 is 0.644 bits per heavy atom. The summed E-state index contributed by atoms with van der Waals surface area (Å²) in [5, 5.41) is 8.49. The number of rotatable bonds is 24. The maximum Gasteiger partial charge on any atom is 0.343 e. The number of hydrogen-bond donors (Lipinski definition) is 0. The van der Waals surface area contributed by atoms with Crippen LogP contribution >= 0.6 is 0 Å². The number of unbranched alkanes of at least 4 members (excludes halogenated alkanes) is 10. The molecule has 0 spiro atoms. The summed E-state index contributed by atoms with van der Waals surface area (Å²) in [6, 6.07) is 33.0. The van der Waals surface area contributed by atoms with Gasteiger partial charge in [0.2, 0.25) is 0 Å². The van der Waals surface area contributed by atoms with Gasteiger partial charge in [-0.1, -0.05) is 78.1 Å².